The van der Waals surface area contributed by atoms with E-state index in [1.54, 1.807) is 0 Å². The quantitative estimate of drug-likeness (QED) is 0.782. The number of thiophene rings is 1. The predicted octanol–water partition coefficient (Wildman–Crippen LogP) is 2.01. The maximum atomic E-state index is 11.9. The first kappa shape index (κ1) is 16.5. The van der Waals surface area contributed by atoms with E-state index in [0.29, 0.717) is 17.0 Å². The van der Waals surface area contributed by atoms with Crippen molar-refractivity contribution in [3.63, 3.8) is 0 Å². The fraction of sp³-hybridized carbons (Fsp3) is 0.533. The largest absolute Gasteiger partial charge is 0.456 e. The number of esters is 1. The number of carbonyl (C=O) groups is 3. The normalized spacial score (nSPS) is 13.3. The highest BCUT2D eigenvalue weighted by atomic mass is 32.1. The van der Waals surface area contributed by atoms with Crippen molar-refractivity contribution in [2.24, 2.45) is 5.73 Å². The van der Waals surface area contributed by atoms with Crippen LogP contribution >= 0.6 is 11.3 Å². The lowest BCUT2D eigenvalue weighted by Gasteiger charge is -2.11. The molecule has 1 aromatic rings. The number of primary amides is 1. The van der Waals surface area contributed by atoms with Crippen molar-refractivity contribution in [1.82, 2.24) is 0 Å². The highest BCUT2D eigenvalue weighted by Crippen LogP contribution is 2.37. The highest BCUT2D eigenvalue weighted by Gasteiger charge is 2.25. The molecular weight excluding hydrogens is 304 g/mol. The van der Waals surface area contributed by atoms with Gasteiger partial charge < -0.3 is 15.8 Å². The Bertz CT molecular complexity index is 595. The zero-order valence-electron chi connectivity index (χ0n) is 12.6. The summed E-state index contributed by atoms with van der Waals surface area (Å²) < 4.78 is 4.86. The van der Waals surface area contributed by atoms with Gasteiger partial charge in [0.1, 0.15) is 5.00 Å². The third-order valence-corrected chi connectivity index (χ3v) is 4.70. The number of nitrogens with one attached hydrogen (secondary N) is 1. The topological polar surface area (TPSA) is 98.5 Å². The molecule has 0 bridgehead atoms. The van der Waals surface area contributed by atoms with Gasteiger partial charge in [0.2, 0.25) is 0 Å². The molecule has 0 unspecified atom stereocenters. The summed E-state index contributed by atoms with van der Waals surface area (Å²) in [5.74, 6) is -1.39. The molecule has 1 aromatic heterocycles. The minimum atomic E-state index is -0.530. The SMILES string of the molecule is CCCC(=O)OCC(=O)Nc1sc2c(c1C(N)=O)CCCC2. The second-order valence-electron chi connectivity index (χ2n) is 5.24. The lowest BCUT2D eigenvalue weighted by Crippen LogP contribution is -2.22. The molecule has 0 saturated heterocycles. The summed E-state index contributed by atoms with van der Waals surface area (Å²) in [7, 11) is 0. The van der Waals surface area contributed by atoms with Gasteiger partial charge in [-0.1, -0.05) is 6.92 Å². The first-order chi connectivity index (χ1) is 10.5. The van der Waals surface area contributed by atoms with Crippen LogP contribution < -0.4 is 11.1 Å². The van der Waals surface area contributed by atoms with Gasteiger partial charge in [-0.25, -0.2) is 0 Å². The van der Waals surface area contributed by atoms with Crippen LogP contribution in [0, 0.1) is 0 Å². The molecule has 1 heterocycles. The Kier molecular flexibility index (Phi) is 5.54. The number of hydrogen-bond donors (Lipinski definition) is 2. The van der Waals surface area contributed by atoms with E-state index in [1.165, 1.54) is 11.3 Å². The van der Waals surface area contributed by atoms with Gasteiger partial charge in [-0.15, -0.1) is 11.3 Å². The van der Waals surface area contributed by atoms with Crippen molar-refractivity contribution in [3.05, 3.63) is 16.0 Å². The molecular formula is C15H20N2O4S. The average molecular weight is 324 g/mol. The van der Waals surface area contributed by atoms with Crippen LogP contribution in [0.1, 0.15) is 53.4 Å². The Morgan fingerprint density at radius 2 is 2.00 bits per heavy atom. The van der Waals surface area contributed by atoms with E-state index >= 15 is 0 Å². The number of aryl methyl sites for hydroxylation is 1. The molecule has 0 aliphatic heterocycles. The number of ether oxygens (including phenoxy) is 1. The minimum Gasteiger partial charge on any atom is -0.456 e. The molecule has 0 fully saturated rings. The minimum absolute atomic E-state index is 0.285. The predicted molar refractivity (Wildman–Crippen MR) is 84.0 cm³/mol. The number of amides is 2. The van der Waals surface area contributed by atoms with Crippen LogP contribution in [-0.4, -0.2) is 24.4 Å². The van der Waals surface area contributed by atoms with Gasteiger partial charge in [0, 0.05) is 11.3 Å². The molecule has 2 amide bonds. The zero-order valence-corrected chi connectivity index (χ0v) is 13.4. The van der Waals surface area contributed by atoms with Crippen LogP contribution in [0.2, 0.25) is 0 Å². The molecule has 0 atom stereocenters. The number of carbonyl (C=O) groups excluding carboxylic acids is 3. The number of hydrogen-bond acceptors (Lipinski definition) is 5. The summed E-state index contributed by atoms with van der Waals surface area (Å²) in [4.78, 5) is 35.9. The molecule has 0 saturated carbocycles. The van der Waals surface area contributed by atoms with Gasteiger partial charge in [-0.05, 0) is 37.7 Å². The second kappa shape index (κ2) is 7.40. The van der Waals surface area contributed by atoms with E-state index in [0.717, 1.165) is 36.1 Å². The fourth-order valence-corrected chi connectivity index (χ4v) is 3.81. The molecule has 3 N–H and O–H groups in total. The van der Waals surface area contributed by atoms with Gasteiger partial charge in [-0.2, -0.15) is 0 Å². The number of rotatable bonds is 6. The van der Waals surface area contributed by atoms with Crippen molar-refractivity contribution in [1.29, 1.82) is 0 Å². The molecule has 0 aromatic carbocycles. The van der Waals surface area contributed by atoms with E-state index < -0.39 is 17.8 Å². The lowest BCUT2D eigenvalue weighted by atomic mass is 9.95. The molecule has 2 rings (SSSR count). The third kappa shape index (κ3) is 3.85. The van der Waals surface area contributed by atoms with E-state index in [-0.39, 0.29) is 13.0 Å². The maximum absolute atomic E-state index is 11.9. The Hall–Kier alpha value is -1.89. The van der Waals surface area contributed by atoms with Gasteiger partial charge in [0.05, 0.1) is 5.56 Å². The molecule has 1 aliphatic carbocycles. The lowest BCUT2D eigenvalue weighted by molar-refractivity contribution is -0.147. The molecule has 0 radical (unpaired) electrons. The van der Waals surface area contributed by atoms with Crippen LogP contribution in [0.3, 0.4) is 0 Å². The van der Waals surface area contributed by atoms with Crippen molar-refractivity contribution < 1.29 is 19.1 Å². The van der Waals surface area contributed by atoms with Gasteiger partial charge in [-0.3, -0.25) is 14.4 Å². The van der Waals surface area contributed by atoms with Crippen molar-refractivity contribution in [2.45, 2.75) is 45.4 Å². The molecule has 7 heteroatoms. The molecule has 6 nitrogen and oxygen atoms in total. The summed E-state index contributed by atoms with van der Waals surface area (Å²) in [6.07, 6.45) is 4.77. The van der Waals surface area contributed by atoms with Crippen LogP contribution in [0.5, 0.6) is 0 Å². The molecule has 0 spiro atoms. The summed E-state index contributed by atoms with van der Waals surface area (Å²) in [6.45, 7) is 1.51. The van der Waals surface area contributed by atoms with Crippen LogP contribution in [-0.2, 0) is 27.2 Å². The molecule has 120 valence electrons. The Balaban J connectivity index is 2.06. The van der Waals surface area contributed by atoms with E-state index in [4.69, 9.17) is 10.5 Å². The summed E-state index contributed by atoms with van der Waals surface area (Å²) in [6, 6.07) is 0. The van der Waals surface area contributed by atoms with Crippen LogP contribution in [0.4, 0.5) is 5.00 Å². The van der Waals surface area contributed by atoms with E-state index in [9.17, 15) is 14.4 Å². The fourth-order valence-electron chi connectivity index (χ4n) is 2.50. The van der Waals surface area contributed by atoms with Gasteiger partial charge >= 0.3 is 5.97 Å². The van der Waals surface area contributed by atoms with Crippen LogP contribution in [0.15, 0.2) is 0 Å². The van der Waals surface area contributed by atoms with Crippen molar-refractivity contribution in [3.8, 4) is 0 Å². The monoisotopic (exact) mass is 324 g/mol. The average Bonchev–Trinajstić information content (AvgIpc) is 2.83. The highest BCUT2D eigenvalue weighted by molar-refractivity contribution is 7.17. The number of fused-ring (bicyclic) bond motifs is 1. The van der Waals surface area contributed by atoms with Gasteiger partial charge in [0.15, 0.2) is 6.61 Å². The first-order valence-corrected chi connectivity index (χ1v) is 8.24. The zero-order chi connectivity index (χ0) is 16.1. The maximum Gasteiger partial charge on any atom is 0.306 e. The Morgan fingerprint density at radius 1 is 1.27 bits per heavy atom. The molecule has 1 aliphatic rings. The van der Waals surface area contributed by atoms with E-state index in [2.05, 4.69) is 5.32 Å². The molecule has 22 heavy (non-hydrogen) atoms. The summed E-state index contributed by atoms with van der Waals surface area (Å²) >= 11 is 1.39. The van der Waals surface area contributed by atoms with Crippen LogP contribution in [0.25, 0.3) is 0 Å². The number of nitrogens with two attached hydrogens (primary N) is 1. The van der Waals surface area contributed by atoms with E-state index in [1.807, 2.05) is 6.92 Å². The number of anilines is 1. The Labute approximate surface area is 133 Å². The smallest absolute Gasteiger partial charge is 0.306 e. The van der Waals surface area contributed by atoms with Gasteiger partial charge in [0.25, 0.3) is 11.8 Å². The third-order valence-electron chi connectivity index (χ3n) is 3.49. The summed E-state index contributed by atoms with van der Waals surface area (Å²) in [5, 5.41) is 3.12. The second-order valence-corrected chi connectivity index (χ2v) is 6.34. The first-order valence-electron chi connectivity index (χ1n) is 7.42. The summed E-state index contributed by atoms with van der Waals surface area (Å²) in [5.41, 5.74) is 6.82. The Morgan fingerprint density at radius 3 is 2.68 bits per heavy atom. The van der Waals surface area contributed by atoms with Crippen molar-refractivity contribution in [2.75, 3.05) is 11.9 Å². The van der Waals surface area contributed by atoms with Crippen molar-refractivity contribution >= 4 is 34.1 Å². The standard InChI is InChI=1S/C15H20N2O4S/c1-2-5-12(19)21-8-11(18)17-15-13(14(16)20)9-6-3-4-7-10(9)22-15/h2-8H2,1H3,(H2,16,20)(H,17,18).